The Morgan fingerprint density at radius 2 is 1.56 bits per heavy atom. The second-order valence-electron chi connectivity index (χ2n) is 3.60. The Balaban J connectivity index is 2.04. The molecule has 0 aromatic carbocycles. The molecule has 0 heterocycles. The highest BCUT2D eigenvalue weighted by Gasteiger charge is 2.23. The highest BCUT2D eigenvalue weighted by Crippen LogP contribution is 2.17. The van der Waals surface area contributed by atoms with Gasteiger partial charge in [-0.25, -0.2) is 0 Å². The van der Waals surface area contributed by atoms with Crippen LogP contribution in [-0.2, 0) is 14.4 Å². The van der Waals surface area contributed by atoms with Crippen LogP contribution in [0, 0.1) is 0 Å². The first kappa shape index (κ1) is 12.4. The zero-order chi connectivity index (χ0) is 12.0. The topological polar surface area (TPSA) is 113 Å². The molecule has 0 aromatic heterocycles. The quantitative estimate of drug-likeness (QED) is 0.401. The number of carbonyl (C=O) groups excluding carboxylic acids is 3. The Morgan fingerprint density at radius 1 is 1.00 bits per heavy atom. The van der Waals surface area contributed by atoms with E-state index in [0.29, 0.717) is 0 Å². The van der Waals surface area contributed by atoms with Crippen LogP contribution in [0.1, 0.15) is 12.8 Å². The molecule has 1 aliphatic carbocycles. The lowest BCUT2D eigenvalue weighted by Gasteiger charge is -2.06. The van der Waals surface area contributed by atoms with E-state index in [1.54, 1.807) is 0 Å². The van der Waals surface area contributed by atoms with Crippen LogP contribution in [0.3, 0.4) is 0 Å². The Hall–Kier alpha value is -1.63. The predicted molar refractivity (Wildman–Crippen MR) is 56.2 cm³/mol. The van der Waals surface area contributed by atoms with Crippen molar-refractivity contribution < 1.29 is 14.4 Å². The monoisotopic (exact) mass is 228 g/mol. The summed E-state index contributed by atoms with van der Waals surface area (Å²) in [4.78, 5) is 33.0. The van der Waals surface area contributed by atoms with E-state index in [1.807, 2.05) is 0 Å². The largest absolute Gasteiger partial charge is 0.352 e. The zero-order valence-electron chi connectivity index (χ0n) is 8.91. The summed E-state index contributed by atoms with van der Waals surface area (Å²) in [6, 6.07) is 0.279. The number of hydrogen-bond donors (Lipinski definition) is 4. The molecular formula is C9H16N4O3. The molecule has 1 aliphatic rings. The van der Waals surface area contributed by atoms with Crippen LogP contribution >= 0.6 is 0 Å². The van der Waals surface area contributed by atoms with E-state index < -0.39 is 11.8 Å². The molecule has 7 nitrogen and oxygen atoms in total. The van der Waals surface area contributed by atoms with Gasteiger partial charge in [-0.05, 0) is 12.8 Å². The van der Waals surface area contributed by atoms with Gasteiger partial charge in [-0.2, -0.15) is 0 Å². The first-order chi connectivity index (χ1) is 7.61. The van der Waals surface area contributed by atoms with Crippen molar-refractivity contribution >= 4 is 17.7 Å². The van der Waals surface area contributed by atoms with E-state index in [0.717, 1.165) is 12.8 Å². The SMILES string of the molecule is NCC(=O)NCC(=O)NCC(=O)NC1CC1. The van der Waals surface area contributed by atoms with E-state index in [2.05, 4.69) is 16.0 Å². The molecule has 1 fully saturated rings. The zero-order valence-corrected chi connectivity index (χ0v) is 8.91. The summed E-state index contributed by atoms with van der Waals surface area (Å²) in [6.45, 7) is -0.379. The minimum atomic E-state index is -0.409. The highest BCUT2D eigenvalue weighted by molar-refractivity contribution is 5.88. The van der Waals surface area contributed by atoms with E-state index in [9.17, 15) is 14.4 Å². The van der Waals surface area contributed by atoms with Crippen LogP contribution in [0.25, 0.3) is 0 Å². The summed E-state index contributed by atoms with van der Waals surface area (Å²) in [5.41, 5.74) is 5.03. The maximum atomic E-state index is 11.2. The third-order valence-corrected chi connectivity index (χ3v) is 2.02. The van der Waals surface area contributed by atoms with Crippen molar-refractivity contribution in [3.05, 3.63) is 0 Å². The molecular weight excluding hydrogens is 212 g/mol. The van der Waals surface area contributed by atoms with Gasteiger partial charge >= 0.3 is 0 Å². The Labute approximate surface area is 93.1 Å². The van der Waals surface area contributed by atoms with Crippen molar-refractivity contribution in [1.29, 1.82) is 0 Å². The Kier molecular flexibility index (Phi) is 4.71. The van der Waals surface area contributed by atoms with Gasteiger partial charge < -0.3 is 21.7 Å². The smallest absolute Gasteiger partial charge is 0.239 e. The third-order valence-electron chi connectivity index (χ3n) is 2.02. The number of nitrogens with one attached hydrogen (secondary N) is 3. The molecule has 16 heavy (non-hydrogen) atoms. The number of rotatable bonds is 6. The van der Waals surface area contributed by atoms with Gasteiger partial charge in [0.2, 0.25) is 17.7 Å². The number of carbonyl (C=O) groups is 3. The molecule has 0 aliphatic heterocycles. The van der Waals surface area contributed by atoms with Gasteiger partial charge in [0.1, 0.15) is 0 Å². The van der Waals surface area contributed by atoms with Crippen molar-refractivity contribution in [2.75, 3.05) is 19.6 Å². The molecule has 90 valence electrons. The second kappa shape index (κ2) is 6.06. The number of hydrogen-bond acceptors (Lipinski definition) is 4. The third kappa shape index (κ3) is 5.30. The number of amides is 3. The predicted octanol–water partition coefficient (Wildman–Crippen LogP) is -2.54. The van der Waals surface area contributed by atoms with Crippen LogP contribution in [0.2, 0.25) is 0 Å². The minimum absolute atomic E-state index is 0.0617. The Morgan fingerprint density at radius 3 is 2.12 bits per heavy atom. The fourth-order valence-electron chi connectivity index (χ4n) is 0.999. The highest BCUT2D eigenvalue weighted by atomic mass is 16.2. The molecule has 3 amide bonds. The van der Waals surface area contributed by atoms with Crippen molar-refractivity contribution in [3.63, 3.8) is 0 Å². The first-order valence-corrected chi connectivity index (χ1v) is 5.14. The molecule has 0 spiro atoms. The van der Waals surface area contributed by atoms with Crippen molar-refractivity contribution in [1.82, 2.24) is 16.0 Å². The Bertz CT molecular complexity index is 288. The fourth-order valence-corrected chi connectivity index (χ4v) is 0.999. The van der Waals surface area contributed by atoms with Crippen molar-refractivity contribution in [2.24, 2.45) is 5.73 Å². The molecule has 0 unspecified atom stereocenters. The molecule has 0 atom stereocenters. The molecule has 5 N–H and O–H groups in total. The number of nitrogens with two attached hydrogens (primary N) is 1. The maximum absolute atomic E-state index is 11.2. The fraction of sp³-hybridized carbons (Fsp3) is 0.667. The van der Waals surface area contributed by atoms with E-state index >= 15 is 0 Å². The van der Waals surface area contributed by atoms with Crippen LogP contribution in [0.15, 0.2) is 0 Å². The molecule has 0 bridgehead atoms. The molecule has 0 aromatic rings. The molecule has 7 heteroatoms. The van der Waals surface area contributed by atoms with Crippen LogP contribution in [0.5, 0.6) is 0 Å². The molecule has 1 rings (SSSR count). The average Bonchev–Trinajstić information content (AvgIpc) is 3.06. The van der Waals surface area contributed by atoms with E-state index in [-0.39, 0.29) is 31.6 Å². The van der Waals surface area contributed by atoms with Gasteiger partial charge in [0.25, 0.3) is 0 Å². The van der Waals surface area contributed by atoms with Gasteiger partial charge in [-0.3, -0.25) is 14.4 Å². The summed E-state index contributed by atoms with van der Waals surface area (Å²) in [6.07, 6.45) is 2.01. The van der Waals surface area contributed by atoms with Crippen LogP contribution in [-0.4, -0.2) is 43.4 Å². The summed E-state index contributed by atoms with van der Waals surface area (Å²) in [5, 5.41) is 7.41. The van der Waals surface area contributed by atoms with E-state index in [4.69, 9.17) is 5.73 Å². The van der Waals surface area contributed by atoms with Gasteiger partial charge in [0.05, 0.1) is 19.6 Å². The van der Waals surface area contributed by atoms with Crippen LogP contribution < -0.4 is 21.7 Å². The summed E-state index contributed by atoms with van der Waals surface area (Å²) in [5.74, 6) is -1.02. The van der Waals surface area contributed by atoms with Crippen LogP contribution in [0.4, 0.5) is 0 Å². The maximum Gasteiger partial charge on any atom is 0.239 e. The first-order valence-electron chi connectivity index (χ1n) is 5.14. The summed E-state index contributed by atoms with van der Waals surface area (Å²) >= 11 is 0. The van der Waals surface area contributed by atoms with Gasteiger partial charge in [-0.1, -0.05) is 0 Å². The van der Waals surface area contributed by atoms with Crippen molar-refractivity contribution in [3.8, 4) is 0 Å². The lowest BCUT2D eigenvalue weighted by Crippen LogP contribution is -2.43. The average molecular weight is 228 g/mol. The minimum Gasteiger partial charge on any atom is -0.352 e. The van der Waals surface area contributed by atoms with Gasteiger partial charge in [-0.15, -0.1) is 0 Å². The van der Waals surface area contributed by atoms with E-state index in [1.165, 1.54) is 0 Å². The lowest BCUT2D eigenvalue weighted by atomic mass is 10.5. The van der Waals surface area contributed by atoms with Gasteiger partial charge in [0, 0.05) is 6.04 Å². The molecule has 0 radical (unpaired) electrons. The second-order valence-corrected chi connectivity index (χ2v) is 3.60. The van der Waals surface area contributed by atoms with Gasteiger partial charge in [0.15, 0.2) is 0 Å². The molecule has 0 saturated heterocycles. The van der Waals surface area contributed by atoms with Crippen molar-refractivity contribution in [2.45, 2.75) is 18.9 Å². The summed E-state index contributed by atoms with van der Waals surface area (Å²) in [7, 11) is 0. The molecule has 1 saturated carbocycles. The normalized spacial score (nSPS) is 14.1. The summed E-state index contributed by atoms with van der Waals surface area (Å²) < 4.78 is 0. The lowest BCUT2D eigenvalue weighted by molar-refractivity contribution is -0.127. The standard InChI is InChI=1S/C9H16N4O3/c10-3-7(14)11-4-8(15)12-5-9(16)13-6-1-2-6/h6H,1-5,10H2,(H,11,14)(H,12,15)(H,13,16).